The molecule has 0 heteroatoms. The lowest BCUT2D eigenvalue weighted by atomic mass is 9.66. The first-order valence-corrected chi connectivity index (χ1v) is 14.5. The number of hydrogen-bond acceptors (Lipinski definition) is 0. The van der Waals surface area contributed by atoms with Crippen molar-refractivity contribution >= 4 is 0 Å². The zero-order valence-electron chi connectivity index (χ0n) is 21.5. The molecule has 0 heterocycles. The van der Waals surface area contributed by atoms with Crippen LogP contribution in [0.3, 0.4) is 0 Å². The van der Waals surface area contributed by atoms with Gasteiger partial charge in [-0.1, -0.05) is 86.0 Å². The monoisotopic (exact) mass is 416 g/mol. The van der Waals surface area contributed by atoms with Crippen molar-refractivity contribution in [2.75, 3.05) is 0 Å². The summed E-state index contributed by atoms with van der Waals surface area (Å²) in [6.45, 7) is 12.6. The van der Waals surface area contributed by atoms with E-state index in [2.05, 4.69) is 34.6 Å². The summed E-state index contributed by atoms with van der Waals surface area (Å²) in [6, 6.07) is 0. The Morgan fingerprint density at radius 2 is 1.03 bits per heavy atom. The van der Waals surface area contributed by atoms with Crippen molar-refractivity contribution in [3.05, 3.63) is 0 Å². The summed E-state index contributed by atoms with van der Waals surface area (Å²) < 4.78 is 0. The minimum atomic E-state index is 0.954. The second-order valence-corrected chi connectivity index (χ2v) is 12.5. The van der Waals surface area contributed by atoms with Gasteiger partial charge >= 0.3 is 0 Å². The molecule has 0 amide bonds. The highest BCUT2D eigenvalue weighted by Crippen LogP contribution is 2.46. The average molecular weight is 417 g/mol. The average Bonchev–Trinajstić information content (AvgIpc) is 3.31. The van der Waals surface area contributed by atoms with Gasteiger partial charge in [0, 0.05) is 0 Å². The minimum Gasteiger partial charge on any atom is -0.0651 e. The van der Waals surface area contributed by atoms with Gasteiger partial charge in [-0.05, 0) is 105 Å². The lowest BCUT2D eigenvalue weighted by molar-refractivity contribution is 0.108. The van der Waals surface area contributed by atoms with Crippen molar-refractivity contribution in [1.82, 2.24) is 0 Å². The van der Waals surface area contributed by atoms with E-state index in [0.29, 0.717) is 0 Å². The fourth-order valence-electron chi connectivity index (χ4n) is 8.03. The molecule has 0 bridgehead atoms. The van der Waals surface area contributed by atoms with Gasteiger partial charge in [-0.2, -0.15) is 0 Å². The van der Waals surface area contributed by atoms with Crippen LogP contribution in [-0.2, 0) is 0 Å². The fraction of sp³-hybridized carbons (Fsp3) is 1.00. The molecule has 0 aromatic rings. The molecule has 4 unspecified atom stereocenters. The molecule has 0 nitrogen and oxygen atoms in total. The fourth-order valence-corrected chi connectivity index (χ4v) is 8.03. The highest BCUT2D eigenvalue weighted by atomic mass is 14.4. The van der Waals surface area contributed by atoms with Crippen molar-refractivity contribution < 1.29 is 0 Å². The van der Waals surface area contributed by atoms with Gasteiger partial charge in [-0.3, -0.25) is 0 Å². The molecule has 0 spiro atoms. The summed E-state index contributed by atoms with van der Waals surface area (Å²) in [5, 5.41) is 0. The van der Waals surface area contributed by atoms with Gasteiger partial charge in [0.25, 0.3) is 0 Å². The first kappa shape index (κ1) is 24.6. The normalized spacial score (nSPS) is 35.1. The Morgan fingerprint density at radius 1 is 0.533 bits per heavy atom. The maximum Gasteiger partial charge on any atom is -0.0380 e. The van der Waals surface area contributed by atoms with E-state index in [1.54, 1.807) is 38.5 Å². The van der Waals surface area contributed by atoms with E-state index in [-0.39, 0.29) is 0 Å². The molecule has 0 aromatic heterocycles. The predicted molar refractivity (Wildman–Crippen MR) is 134 cm³/mol. The lowest BCUT2D eigenvalue weighted by Crippen LogP contribution is -2.29. The van der Waals surface area contributed by atoms with Crippen LogP contribution in [0, 0.1) is 53.3 Å². The van der Waals surface area contributed by atoms with E-state index in [0.717, 1.165) is 53.3 Å². The molecule has 3 saturated carbocycles. The number of rotatable bonds is 10. The number of hydrogen-bond donors (Lipinski definition) is 0. The first-order valence-electron chi connectivity index (χ1n) is 14.5. The highest BCUT2D eigenvalue weighted by Gasteiger charge is 2.34. The smallest absolute Gasteiger partial charge is 0.0380 e. The van der Waals surface area contributed by atoms with Crippen LogP contribution in [0.1, 0.15) is 137 Å². The van der Waals surface area contributed by atoms with Crippen molar-refractivity contribution in [3.63, 3.8) is 0 Å². The topological polar surface area (TPSA) is 0 Å². The van der Waals surface area contributed by atoms with Crippen LogP contribution in [0.5, 0.6) is 0 Å². The van der Waals surface area contributed by atoms with E-state index >= 15 is 0 Å². The van der Waals surface area contributed by atoms with Crippen LogP contribution in [0.4, 0.5) is 0 Å². The molecule has 3 fully saturated rings. The Morgan fingerprint density at radius 3 is 1.57 bits per heavy atom. The molecule has 0 aliphatic heterocycles. The van der Waals surface area contributed by atoms with Crippen LogP contribution < -0.4 is 0 Å². The third kappa shape index (κ3) is 6.75. The third-order valence-electron chi connectivity index (χ3n) is 10.7. The quantitative estimate of drug-likeness (QED) is 0.332. The highest BCUT2D eigenvalue weighted by molar-refractivity contribution is 4.85. The SMILES string of the molecule is CCC(C)C1CCC(C(C)CC(CC(CC)C2CCCC2)C2CCC(C)CC2)CC1. The summed E-state index contributed by atoms with van der Waals surface area (Å²) in [5.74, 6) is 9.16. The van der Waals surface area contributed by atoms with Gasteiger partial charge in [0.1, 0.15) is 0 Å². The summed E-state index contributed by atoms with van der Waals surface area (Å²) in [6.07, 6.45) is 24.3. The van der Waals surface area contributed by atoms with Gasteiger partial charge < -0.3 is 0 Å². The Bertz CT molecular complexity index is 445. The standard InChI is InChI=1S/C30H56/c1-6-23(4)26-16-18-27(19-17-26)24(5)20-30(29-14-12-22(3)13-15-29)21-25(7-2)28-10-8-9-11-28/h22-30H,6-21H2,1-5H3. The van der Waals surface area contributed by atoms with E-state index in [1.807, 2.05) is 0 Å². The molecule has 0 saturated heterocycles. The van der Waals surface area contributed by atoms with E-state index in [9.17, 15) is 0 Å². The van der Waals surface area contributed by atoms with Crippen LogP contribution in [-0.4, -0.2) is 0 Å². The van der Waals surface area contributed by atoms with Crippen LogP contribution >= 0.6 is 0 Å². The predicted octanol–water partition coefficient (Wildman–Crippen LogP) is 9.91. The lowest BCUT2D eigenvalue weighted by Gasteiger charge is -2.40. The van der Waals surface area contributed by atoms with E-state index in [4.69, 9.17) is 0 Å². The zero-order valence-corrected chi connectivity index (χ0v) is 21.5. The summed E-state index contributed by atoms with van der Waals surface area (Å²) in [4.78, 5) is 0. The molecule has 0 radical (unpaired) electrons. The molecule has 0 N–H and O–H groups in total. The molecule has 176 valence electrons. The molecule has 3 rings (SSSR count). The zero-order chi connectivity index (χ0) is 21.5. The molecule has 4 atom stereocenters. The molecular formula is C30H56. The Labute approximate surface area is 190 Å². The van der Waals surface area contributed by atoms with E-state index < -0.39 is 0 Å². The Kier molecular flexibility index (Phi) is 10.1. The summed E-state index contributed by atoms with van der Waals surface area (Å²) in [5.41, 5.74) is 0. The van der Waals surface area contributed by atoms with Crippen LogP contribution in [0.15, 0.2) is 0 Å². The summed E-state index contributed by atoms with van der Waals surface area (Å²) in [7, 11) is 0. The van der Waals surface area contributed by atoms with Gasteiger partial charge in [0.2, 0.25) is 0 Å². The van der Waals surface area contributed by atoms with Crippen molar-refractivity contribution in [1.29, 1.82) is 0 Å². The minimum absolute atomic E-state index is 0.954. The first-order chi connectivity index (χ1) is 14.5. The van der Waals surface area contributed by atoms with Crippen molar-refractivity contribution in [2.45, 2.75) is 137 Å². The van der Waals surface area contributed by atoms with Gasteiger partial charge in [-0.15, -0.1) is 0 Å². The van der Waals surface area contributed by atoms with Gasteiger partial charge in [-0.25, -0.2) is 0 Å². The third-order valence-corrected chi connectivity index (χ3v) is 10.7. The molecule has 30 heavy (non-hydrogen) atoms. The maximum absolute atomic E-state index is 2.66. The Hall–Kier alpha value is 0. The Balaban J connectivity index is 1.58. The molecule has 3 aliphatic carbocycles. The van der Waals surface area contributed by atoms with E-state index in [1.165, 1.54) is 64.2 Å². The molecule has 0 aromatic carbocycles. The van der Waals surface area contributed by atoms with Crippen molar-refractivity contribution in [3.8, 4) is 0 Å². The van der Waals surface area contributed by atoms with Crippen molar-refractivity contribution in [2.24, 2.45) is 53.3 Å². The van der Waals surface area contributed by atoms with Crippen LogP contribution in [0.25, 0.3) is 0 Å². The molecule has 3 aliphatic rings. The second-order valence-electron chi connectivity index (χ2n) is 12.5. The second kappa shape index (κ2) is 12.3. The maximum atomic E-state index is 2.66. The summed E-state index contributed by atoms with van der Waals surface area (Å²) >= 11 is 0. The van der Waals surface area contributed by atoms with Crippen LogP contribution in [0.2, 0.25) is 0 Å². The van der Waals surface area contributed by atoms with Gasteiger partial charge in [0.15, 0.2) is 0 Å². The largest absolute Gasteiger partial charge is 0.0651 e. The van der Waals surface area contributed by atoms with Gasteiger partial charge in [0.05, 0.1) is 0 Å². The molecular weight excluding hydrogens is 360 g/mol.